The predicted molar refractivity (Wildman–Crippen MR) is 70.9 cm³/mol. The molecule has 2 rings (SSSR count). The van der Waals surface area contributed by atoms with Crippen LogP contribution >= 0.6 is 11.6 Å². The lowest BCUT2D eigenvalue weighted by Gasteiger charge is -2.15. The summed E-state index contributed by atoms with van der Waals surface area (Å²) in [6.45, 7) is 0. The van der Waals surface area contributed by atoms with Crippen molar-refractivity contribution in [1.82, 2.24) is 4.98 Å². The van der Waals surface area contributed by atoms with Crippen molar-refractivity contribution in [2.45, 2.75) is 12.5 Å². The average Bonchev–Trinajstić information content (AvgIpc) is 2.41. The van der Waals surface area contributed by atoms with Gasteiger partial charge in [0.05, 0.1) is 18.2 Å². The molecule has 0 spiro atoms. The Labute approximate surface area is 111 Å². The van der Waals surface area contributed by atoms with Gasteiger partial charge in [-0.15, -0.1) is 0 Å². The SMILES string of the molecule is COc1ccccc1C(O)Cc1ccncc1Cl. The van der Waals surface area contributed by atoms with Crippen LogP contribution in [0.25, 0.3) is 0 Å². The van der Waals surface area contributed by atoms with Crippen LogP contribution in [0.4, 0.5) is 0 Å². The number of rotatable bonds is 4. The Morgan fingerprint density at radius 3 is 2.83 bits per heavy atom. The molecule has 3 nitrogen and oxygen atoms in total. The first-order valence-corrected chi connectivity index (χ1v) is 5.99. The molecule has 94 valence electrons. The zero-order valence-corrected chi connectivity index (χ0v) is 10.8. The summed E-state index contributed by atoms with van der Waals surface area (Å²) in [6.07, 6.45) is 3.02. The van der Waals surface area contributed by atoms with Crippen LogP contribution in [0.2, 0.25) is 5.02 Å². The lowest BCUT2D eigenvalue weighted by molar-refractivity contribution is 0.174. The zero-order valence-electron chi connectivity index (χ0n) is 10.0. The van der Waals surface area contributed by atoms with E-state index in [4.69, 9.17) is 16.3 Å². The molecule has 18 heavy (non-hydrogen) atoms. The topological polar surface area (TPSA) is 42.4 Å². The number of hydrogen-bond acceptors (Lipinski definition) is 3. The molecule has 1 aromatic carbocycles. The first kappa shape index (κ1) is 12.9. The number of pyridine rings is 1. The Bertz CT molecular complexity index is 531. The van der Waals surface area contributed by atoms with Gasteiger partial charge in [0.1, 0.15) is 5.75 Å². The van der Waals surface area contributed by atoms with Crippen molar-refractivity contribution in [3.63, 3.8) is 0 Å². The van der Waals surface area contributed by atoms with Crippen LogP contribution in [0, 0.1) is 0 Å². The number of ether oxygens (including phenoxy) is 1. The molecule has 0 saturated heterocycles. The smallest absolute Gasteiger partial charge is 0.124 e. The third-order valence-electron chi connectivity index (χ3n) is 2.77. The highest BCUT2D eigenvalue weighted by Gasteiger charge is 2.14. The fourth-order valence-corrected chi connectivity index (χ4v) is 2.03. The second-order valence-corrected chi connectivity index (χ2v) is 4.34. The number of aliphatic hydroxyl groups is 1. The van der Waals surface area contributed by atoms with E-state index in [0.717, 1.165) is 11.1 Å². The number of benzene rings is 1. The van der Waals surface area contributed by atoms with E-state index in [9.17, 15) is 5.11 Å². The molecule has 1 atom stereocenters. The second-order valence-electron chi connectivity index (χ2n) is 3.93. The van der Waals surface area contributed by atoms with E-state index in [2.05, 4.69) is 4.98 Å². The lowest BCUT2D eigenvalue weighted by Crippen LogP contribution is -2.04. The Morgan fingerprint density at radius 1 is 1.33 bits per heavy atom. The van der Waals surface area contributed by atoms with Crippen LogP contribution in [-0.4, -0.2) is 17.2 Å². The Balaban J connectivity index is 2.22. The highest BCUT2D eigenvalue weighted by molar-refractivity contribution is 6.31. The minimum atomic E-state index is -0.652. The molecule has 0 bridgehead atoms. The monoisotopic (exact) mass is 263 g/mol. The van der Waals surface area contributed by atoms with Crippen LogP contribution in [0.5, 0.6) is 5.75 Å². The van der Waals surface area contributed by atoms with Gasteiger partial charge in [-0.3, -0.25) is 4.98 Å². The molecule has 1 heterocycles. The van der Waals surface area contributed by atoms with E-state index in [1.165, 1.54) is 0 Å². The van der Waals surface area contributed by atoms with Gasteiger partial charge in [-0.25, -0.2) is 0 Å². The van der Waals surface area contributed by atoms with Crippen molar-refractivity contribution in [3.8, 4) is 5.75 Å². The van der Waals surface area contributed by atoms with Gasteiger partial charge < -0.3 is 9.84 Å². The second kappa shape index (κ2) is 5.85. The van der Waals surface area contributed by atoms with E-state index < -0.39 is 6.10 Å². The third-order valence-corrected chi connectivity index (χ3v) is 3.11. The molecule has 0 aliphatic rings. The van der Waals surface area contributed by atoms with Crippen LogP contribution in [0.1, 0.15) is 17.2 Å². The standard InChI is InChI=1S/C14H14ClNO2/c1-18-14-5-3-2-4-11(14)13(17)8-10-6-7-16-9-12(10)15/h2-7,9,13,17H,8H2,1H3. The minimum absolute atomic E-state index is 0.432. The van der Waals surface area contributed by atoms with Crippen LogP contribution < -0.4 is 4.74 Å². The molecule has 1 N–H and O–H groups in total. The fourth-order valence-electron chi connectivity index (χ4n) is 1.83. The van der Waals surface area contributed by atoms with Crippen LogP contribution in [0.15, 0.2) is 42.7 Å². The fraction of sp³-hybridized carbons (Fsp3) is 0.214. The number of para-hydroxylation sites is 1. The van der Waals surface area contributed by atoms with E-state index in [-0.39, 0.29) is 0 Å². The summed E-state index contributed by atoms with van der Waals surface area (Å²) in [5.41, 5.74) is 1.62. The number of hydrogen-bond donors (Lipinski definition) is 1. The number of aromatic nitrogens is 1. The first-order chi connectivity index (χ1) is 8.72. The molecule has 0 aliphatic carbocycles. The molecule has 0 saturated carbocycles. The lowest BCUT2D eigenvalue weighted by atomic mass is 10.0. The van der Waals surface area contributed by atoms with Gasteiger partial charge in [0, 0.05) is 24.4 Å². The number of methoxy groups -OCH3 is 1. The maximum Gasteiger partial charge on any atom is 0.124 e. The minimum Gasteiger partial charge on any atom is -0.496 e. The van der Waals surface area contributed by atoms with Crippen molar-refractivity contribution in [2.24, 2.45) is 0 Å². The molecular weight excluding hydrogens is 250 g/mol. The van der Waals surface area contributed by atoms with E-state index in [1.807, 2.05) is 24.3 Å². The van der Waals surface area contributed by atoms with Gasteiger partial charge >= 0.3 is 0 Å². The molecule has 4 heteroatoms. The summed E-state index contributed by atoms with van der Waals surface area (Å²) >= 11 is 6.02. The Morgan fingerprint density at radius 2 is 2.11 bits per heavy atom. The summed E-state index contributed by atoms with van der Waals surface area (Å²) in [5.74, 6) is 0.676. The third kappa shape index (κ3) is 2.81. The highest BCUT2D eigenvalue weighted by atomic mass is 35.5. The van der Waals surface area contributed by atoms with Gasteiger partial charge in [-0.1, -0.05) is 29.8 Å². The Kier molecular flexibility index (Phi) is 4.18. The quantitative estimate of drug-likeness (QED) is 0.922. The van der Waals surface area contributed by atoms with E-state index in [0.29, 0.717) is 17.2 Å². The summed E-state index contributed by atoms with van der Waals surface area (Å²) in [6, 6.07) is 9.22. The van der Waals surface area contributed by atoms with Crippen molar-refractivity contribution in [1.29, 1.82) is 0 Å². The van der Waals surface area contributed by atoms with Crippen LogP contribution in [0.3, 0.4) is 0 Å². The summed E-state index contributed by atoms with van der Waals surface area (Å²) < 4.78 is 5.23. The Hall–Kier alpha value is -1.58. The van der Waals surface area contributed by atoms with Crippen molar-refractivity contribution >= 4 is 11.6 Å². The number of nitrogens with zero attached hydrogens (tertiary/aromatic N) is 1. The molecule has 1 unspecified atom stereocenters. The summed E-state index contributed by atoms with van der Waals surface area (Å²) in [7, 11) is 1.59. The zero-order chi connectivity index (χ0) is 13.0. The van der Waals surface area contributed by atoms with Gasteiger partial charge in [0.2, 0.25) is 0 Å². The first-order valence-electron chi connectivity index (χ1n) is 5.61. The largest absolute Gasteiger partial charge is 0.496 e. The molecule has 2 aromatic rings. The van der Waals surface area contributed by atoms with Crippen molar-refractivity contribution < 1.29 is 9.84 Å². The molecule has 0 amide bonds. The van der Waals surface area contributed by atoms with Gasteiger partial charge in [0.15, 0.2) is 0 Å². The number of aliphatic hydroxyl groups excluding tert-OH is 1. The van der Waals surface area contributed by atoms with Gasteiger partial charge in [0.25, 0.3) is 0 Å². The molecule has 0 aliphatic heterocycles. The van der Waals surface area contributed by atoms with Crippen molar-refractivity contribution in [3.05, 3.63) is 58.9 Å². The van der Waals surface area contributed by atoms with E-state index in [1.54, 1.807) is 25.6 Å². The van der Waals surface area contributed by atoms with Gasteiger partial charge in [-0.2, -0.15) is 0 Å². The molecule has 1 aromatic heterocycles. The maximum atomic E-state index is 10.3. The normalized spacial score (nSPS) is 12.2. The van der Waals surface area contributed by atoms with Crippen LogP contribution in [-0.2, 0) is 6.42 Å². The number of halogens is 1. The molecule has 0 radical (unpaired) electrons. The van der Waals surface area contributed by atoms with E-state index >= 15 is 0 Å². The van der Waals surface area contributed by atoms with Gasteiger partial charge in [-0.05, 0) is 17.7 Å². The molecule has 0 fully saturated rings. The summed E-state index contributed by atoms with van der Waals surface area (Å²) in [4.78, 5) is 3.92. The summed E-state index contributed by atoms with van der Waals surface area (Å²) in [5, 5.41) is 10.8. The predicted octanol–water partition coefficient (Wildman–Crippen LogP) is 3.02. The highest BCUT2D eigenvalue weighted by Crippen LogP contribution is 2.28. The molecular formula is C14H14ClNO2. The van der Waals surface area contributed by atoms with Crippen molar-refractivity contribution in [2.75, 3.05) is 7.11 Å². The average molecular weight is 264 g/mol. The maximum absolute atomic E-state index is 10.3.